The van der Waals surface area contributed by atoms with E-state index >= 15 is 0 Å². The second kappa shape index (κ2) is 18.4. The summed E-state index contributed by atoms with van der Waals surface area (Å²) >= 11 is 0. The summed E-state index contributed by atoms with van der Waals surface area (Å²) in [7, 11) is -1.67. The maximum atomic E-state index is 12.2. The van der Waals surface area contributed by atoms with Crippen LogP contribution < -0.4 is 21.3 Å². The van der Waals surface area contributed by atoms with E-state index < -0.39 is 30.9 Å². The third-order valence-electron chi connectivity index (χ3n) is 4.71. The number of carbonyl (C=O) groups excluding carboxylic acids is 4. The molecule has 32 heavy (non-hydrogen) atoms. The molecular formula is C20H39BN4O7. The highest BCUT2D eigenvalue weighted by Crippen LogP contribution is 2.27. The Kier molecular flexibility index (Phi) is 17.2. The molecule has 0 aromatic carbocycles. The Balaban J connectivity index is 0.00000118. The van der Waals surface area contributed by atoms with E-state index in [0.717, 1.165) is 38.9 Å². The average Bonchev–Trinajstić information content (AvgIpc) is 3.28. The predicted octanol–water partition coefficient (Wildman–Crippen LogP) is -1.14. The van der Waals surface area contributed by atoms with E-state index in [1.165, 1.54) is 19.8 Å². The lowest BCUT2D eigenvalue weighted by atomic mass is 9.93. The first kappa shape index (κ1) is 29.8. The zero-order valence-corrected chi connectivity index (χ0v) is 19.4. The number of rotatable bonds is 13. The fraction of sp³-hybridized carbons (Fsp3) is 0.800. The lowest BCUT2D eigenvalue weighted by Crippen LogP contribution is -2.52. The first-order valence-corrected chi connectivity index (χ1v) is 11.2. The number of unbranched alkanes of at least 4 members (excludes halogenated alkanes) is 1. The highest BCUT2D eigenvalue weighted by molar-refractivity contribution is 6.41. The molecule has 0 heterocycles. The molecule has 1 unspecified atom stereocenters. The maximum absolute atomic E-state index is 12.2. The Morgan fingerprint density at radius 3 is 2.12 bits per heavy atom. The summed E-state index contributed by atoms with van der Waals surface area (Å²) in [4.78, 5) is 46.5. The molecule has 1 atom stereocenters. The van der Waals surface area contributed by atoms with Crippen LogP contribution in [0.3, 0.4) is 0 Å². The van der Waals surface area contributed by atoms with Crippen molar-refractivity contribution in [3.63, 3.8) is 0 Å². The van der Waals surface area contributed by atoms with Crippen molar-refractivity contribution >= 4 is 30.7 Å². The van der Waals surface area contributed by atoms with Crippen molar-refractivity contribution in [2.24, 2.45) is 5.92 Å². The van der Waals surface area contributed by atoms with Crippen LogP contribution in [0.1, 0.15) is 59.3 Å². The molecule has 0 bridgehead atoms. The molecule has 11 nitrogen and oxygen atoms in total. The van der Waals surface area contributed by atoms with Crippen LogP contribution in [0.25, 0.3) is 0 Å². The molecule has 0 aromatic heterocycles. The van der Waals surface area contributed by atoms with Gasteiger partial charge < -0.3 is 36.1 Å². The van der Waals surface area contributed by atoms with Gasteiger partial charge in [-0.25, -0.2) is 0 Å². The second-order valence-electron chi connectivity index (χ2n) is 7.55. The van der Waals surface area contributed by atoms with Crippen molar-refractivity contribution in [3.8, 4) is 0 Å². The number of hydrogen-bond donors (Lipinski definition) is 6. The fourth-order valence-electron chi connectivity index (χ4n) is 3.08. The molecule has 1 saturated carbocycles. The molecule has 0 radical (unpaired) electrons. The van der Waals surface area contributed by atoms with Crippen molar-refractivity contribution in [3.05, 3.63) is 0 Å². The third-order valence-corrected chi connectivity index (χ3v) is 4.71. The smallest absolute Gasteiger partial charge is 0.426 e. The summed E-state index contributed by atoms with van der Waals surface area (Å²) in [5.74, 6) is -1.83. The highest BCUT2D eigenvalue weighted by Gasteiger charge is 2.31. The number of nitrogens with one attached hydrogen (secondary N) is 4. The third kappa shape index (κ3) is 15.6. The molecule has 4 amide bonds. The van der Waals surface area contributed by atoms with Gasteiger partial charge in [0.25, 0.3) is 0 Å². The number of carbonyl (C=O) groups is 4. The summed E-state index contributed by atoms with van der Waals surface area (Å²) in [6.45, 7) is 6.66. The van der Waals surface area contributed by atoms with E-state index in [0.29, 0.717) is 0 Å². The Hall–Kier alpha value is -2.18. The molecule has 0 spiro atoms. The van der Waals surface area contributed by atoms with Crippen LogP contribution in [0.4, 0.5) is 0 Å². The van der Waals surface area contributed by atoms with Crippen molar-refractivity contribution < 1.29 is 34.0 Å². The molecule has 184 valence electrons. The van der Waals surface area contributed by atoms with Gasteiger partial charge in [-0.2, -0.15) is 0 Å². The lowest BCUT2D eigenvalue weighted by Gasteiger charge is -2.23. The molecule has 0 aromatic rings. The molecular weight excluding hydrogens is 419 g/mol. The van der Waals surface area contributed by atoms with Gasteiger partial charge in [-0.05, 0) is 32.1 Å². The van der Waals surface area contributed by atoms with Gasteiger partial charge in [0.05, 0.1) is 19.5 Å². The SMILES string of the molecule is CC(=O)NC(C(=O)NCC(=O)NCC(=O)NCB(O)O)C1CCCC1.CCCCOCC. The van der Waals surface area contributed by atoms with Crippen LogP contribution in [-0.2, 0) is 23.9 Å². The van der Waals surface area contributed by atoms with Gasteiger partial charge in [-0.1, -0.05) is 26.2 Å². The first-order chi connectivity index (χ1) is 15.2. The molecule has 12 heteroatoms. The van der Waals surface area contributed by atoms with Gasteiger partial charge in [-0.15, -0.1) is 0 Å². The van der Waals surface area contributed by atoms with Crippen LogP contribution in [0.15, 0.2) is 0 Å². The topological polar surface area (TPSA) is 166 Å². The minimum Gasteiger partial charge on any atom is -0.426 e. The summed E-state index contributed by atoms with van der Waals surface area (Å²) in [6.07, 6.45) is 5.81. The Morgan fingerprint density at radius 2 is 1.59 bits per heavy atom. The molecule has 0 aliphatic heterocycles. The summed E-state index contributed by atoms with van der Waals surface area (Å²) in [5, 5.41) is 26.8. The minimum absolute atomic E-state index is 0.0580. The largest absolute Gasteiger partial charge is 0.472 e. The second-order valence-corrected chi connectivity index (χ2v) is 7.55. The summed E-state index contributed by atoms with van der Waals surface area (Å²) in [6, 6.07) is -0.665. The van der Waals surface area contributed by atoms with E-state index in [4.69, 9.17) is 14.8 Å². The Morgan fingerprint density at radius 1 is 1.00 bits per heavy atom. The number of amides is 4. The summed E-state index contributed by atoms with van der Waals surface area (Å²) in [5.41, 5.74) is 0. The zero-order chi connectivity index (χ0) is 24.4. The van der Waals surface area contributed by atoms with E-state index in [1.807, 2.05) is 6.92 Å². The minimum atomic E-state index is -1.67. The lowest BCUT2D eigenvalue weighted by molar-refractivity contribution is -0.131. The van der Waals surface area contributed by atoms with Gasteiger partial charge in [-0.3, -0.25) is 19.2 Å². The monoisotopic (exact) mass is 458 g/mol. The van der Waals surface area contributed by atoms with Gasteiger partial charge in [0.1, 0.15) is 6.04 Å². The van der Waals surface area contributed by atoms with Crippen molar-refractivity contribution in [2.45, 2.75) is 65.3 Å². The maximum Gasteiger partial charge on any atom is 0.472 e. The number of hydrogen-bond acceptors (Lipinski definition) is 7. The highest BCUT2D eigenvalue weighted by atomic mass is 16.5. The van der Waals surface area contributed by atoms with Gasteiger partial charge in [0.15, 0.2) is 0 Å². The standard InChI is InChI=1S/C14H25BN4O6.C6H14O/c1-9(20)19-13(10-4-2-3-5-10)14(23)17-7-11(21)16-6-12(22)18-8-15(24)25;1-3-5-6-7-4-2/h10,13,24-25H,2-8H2,1H3,(H,16,21)(H,17,23)(H,18,22)(H,19,20);3-6H2,1-2H3. The number of ether oxygens (including phenoxy) is 1. The Labute approximate surface area is 190 Å². The zero-order valence-electron chi connectivity index (χ0n) is 19.4. The molecule has 0 saturated heterocycles. The van der Waals surface area contributed by atoms with E-state index in [2.05, 4.69) is 28.2 Å². The van der Waals surface area contributed by atoms with Gasteiger partial charge in [0.2, 0.25) is 23.6 Å². The van der Waals surface area contributed by atoms with E-state index in [9.17, 15) is 19.2 Å². The van der Waals surface area contributed by atoms with E-state index in [1.54, 1.807) is 0 Å². The van der Waals surface area contributed by atoms with Gasteiger partial charge in [0, 0.05) is 20.1 Å². The van der Waals surface area contributed by atoms with Crippen molar-refractivity contribution in [1.29, 1.82) is 0 Å². The molecule has 1 rings (SSSR count). The van der Waals surface area contributed by atoms with Crippen LogP contribution in [0.5, 0.6) is 0 Å². The van der Waals surface area contributed by atoms with Crippen LogP contribution in [0.2, 0.25) is 0 Å². The van der Waals surface area contributed by atoms with Crippen LogP contribution >= 0.6 is 0 Å². The molecule has 6 N–H and O–H groups in total. The van der Waals surface area contributed by atoms with Gasteiger partial charge >= 0.3 is 7.12 Å². The first-order valence-electron chi connectivity index (χ1n) is 11.2. The normalized spacial score (nSPS) is 13.9. The van der Waals surface area contributed by atoms with Crippen LogP contribution in [0, 0.1) is 5.92 Å². The van der Waals surface area contributed by atoms with Crippen molar-refractivity contribution in [2.75, 3.05) is 32.7 Å². The molecule has 1 aliphatic rings. The molecule has 1 fully saturated rings. The Bertz CT molecular complexity index is 568. The van der Waals surface area contributed by atoms with Crippen LogP contribution in [-0.4, -0.2) is 79.6 Å². The summed E-state index contributed by atoms with van der Waals surface area (Å²) < 4.78 is 5.07. The average molecular weight is 458 g/mol. The fourth-order valence-corrected chi connectivity index (χ4v) is 3.08. The van der Waals surface area contributed by atoms with Crippen molar-refractivity contribution in [1.82, 2.24) is 21.3 Å². The van der Waals surface area contributed by atoms with E-state index in [-0.39, 0.29) is 31.4 Å². The quantitative estimate of drug-likeness (QED) is 0.150. The molecule has 1 aliphatic carbocycles. The predicted molar refractivity (Wildman–Crippen MR) is 120 cm³/mol.